The zero-order valence-corrected chi connectivity index (χ0v) is 14.0. The summed E-state index contributed by atoms with van der Waals surface area (Å²) in [5, 5.41) is 0. The smallest absolute Gasteiger partial charge is 0.338 e. The van der Waals surface area contributed by atoms with Crippen molar-refractivity contribution in [2.24, 2.45) is 0 Å². The Bertz CT molecular complexity index is 741. The fourth-order valence-electron chi connectivity index (χ4n) is 2.22. The van der Waals surface area contributed by atoms with Gasteiger partial charge in [0.05, 0.1) is 5.56 Å². The third kappa shape index (κ3) is 4.65. The monoisotopic (exact) mass is 329 g/mol. The zero-order chi connectivity index (χ0) is 17.7. The normalized spacial score (nSPS) is 10.3. The van der Waals surface area contributed by atoms with Gasteiger partial charge < -0.3 is 9.64 Å². The van der Waals surface area contributed by atoms with E-state index in [4.69, 9.17) is 4.74 Å². The first-order valence-corrected chi connectivity index (χ1v) is 7.59. The van der Waals surface area contributed by atoms with Crippen molar-refractivity contribution in [1.82, 2.24) is 4.90 Å². The van der Waals surface area contributed by atoms with Crippen molar-refractivity contribution in [2.75, 3.05) is 13.7 Å². The van der Waals surface area contributed by atoms with E-state index in [-0.39, 0.29) is 18.3 Å². The molecule has 2 aromatic rings. The molecule has 0 aliphatic carbocycles. The third-order valence-corrected chi connectivity index (χ3v) is 3.70. The van der Waals surface area contributed by atoms with Gasteiger partial charge in [-0.05, 0) is 43.2 Å². The van der Waals surface area contributed by atoms with Crippen molar-refractivity contribution in [2.45, 2.75) is 20.4 Å². The molecular formula is C19H20FNO3. The van der Waals surface area contributed by atoms with Crippen LogP contribution in [-0.2, 0) is 16.1 Å². The van der Waals surface area contributed by atoms with Crippen LogP contribution in [0.4, 0.5) is 4.39 Å². The highest BCUT2D eigenvalue weighted by molar-refractivity contribution is 5.92. The molecule has 0 unspecified atom stereocenters. The van der Waals surface area contributed by atoms with Crippen LogP contribution in [0.15, 0.2) is 42.5 Å². The molecular weight excluding hydrogens is 309 g/mol. The Balaban J connectivity index is 1.91. The van der Waals surface area contributed by atoms with Crippen molar-refractivity contribution in [3.8, 4) is 0 Å². The van der Waals surface area contributed by atoms with Crippen molar-refractivity contribution in [1.29, 1.82) is 0 Å². The summed E-state index contributed by atoms with van der Waals surface area (Å²) in [6.07, 6.45) is 0. The van der Waals surface area contributed by atoms with Crippen LogP contribution in [0, 0.1) is 19.7 Å². The second-order valence-electron chi connectivity index (χ2n) is 5.77. The molecule has 0 fully saturated rings. The van der Waals surface area contributed by atoms with Crippen LogP contribution >= 0.6 is 0 Å². The van der Waals surface area contributed by atoms with Gasteiger partial charge in [0.25, 0.3) is 5.91 Å². The van der Waals surface area contributed by atoms with E-state index in [1.54, 1.807) is 25.2 Å². The van der Waals surface area contributed by atoms with Crippen LogP contribution < -0.4 is 0 Å². The number of hydrogen-bond donors (Lipinski definition) is 0. The lowest BCUT2D eigenvalue weighted by Crippen LogP contribution is -2.30. The molecule has 0 spiro atoms. The molecule has 0 bridgehead atoms. The van der Waals surface area contributed by atoms with E-state index in [9.17, 15) is 14.0 Å². The second kappa shape index (κ2) is 7.73. The lowest BCUT2D eigenvalue weighted by atomic mass is 10.1. The van der Waals surface area contributed by atoms with Crippen molar-refractivity contribution in [3.05, 3.63) is 70.5 Å². The first kappa shape index (κ1) is 17.7. The molecule has 2 aromatic carbocycles. The number of hydrogen-bond acceptors (Lipinski definition) is 3. The lowest BCUT2D eigenvalue weighted by Gasteiger charge is -2.17. The standard InChI is InChI=1S/C19H20FNO3/c1-13-4-5-14(2)17(10-13)19(23)24-12-18(22)21(3)11-15-6-8-16(20)9-7-15/h4-10H,11-12H2,1-3H3. The molecule has 0 saturated heterocycles. The topological polar surface area (TPSA) is 46.6 Å². The maximum atomic E-state index is 12.9. The summed E-state index contributed by atoms with van der Waals surface area (Å²) in [5.74, 6) is -1.16. The number of ether oxygens (including phenoxy) is 1. The van der Waals surface area contributed by atoms with Crippen LogP contribution in [0.25, 0.3) is 0 Å². The minimum absolute atomic E-state index is 0.320. The Kier molecular flexibility index (Phi) is 5.68. The fourth-order valence-corrected chi connectivity index (χ4v) is 2.22. The van der Waals surface area contributed by atoms with Gasteiger partial charge in [-0.15, -0.1) is 0 Å². The predicted molar refractivity (Wildman–Crippen MR) is 89.1 cm³/mol. The lowest BCUT2D eigenvalue weighted by molar-refractivity contribution is -0.133. The van der Waals surface area contributed by atoms with Gasteiger partial charge >= 0.3 is 5.97 Å². The molecule has 1 amide bonds. The van der Waals surface area contributed by atoms with Gasteiger partial charge in [-0.2, -0.15) is 0 Å². The Morgan fingerprint density at radius 2 is 1.75 bits per heavy atom. The molecule has 0 aliphatic rings. The SMILES string of the molecule is Cc1ccc(C)c(C(=O)OCC(=O)N(C)Cc2ccc(F)cc2)c1. The van der Waals surface area contributed by atoms with Crippen LogP contribution in [0.2, 0.25) is 0 Å². The summed E-state index contributed by atoms with van der Waals surface area (Å²) in [6.45, 7) is 3.69. The average molecular weight is 329 g/mol. The minimum Gasteiger partial charge on any atom is -0.452 e. The molecule has 0 aromatic heterocycles. The van der Waals surface area contributed by atoms with Crippen molar-refractivity contribution < 1.29 is 18.7 Å². The summed E-state index contributed by atoms with van der Waals surface area (Å²) in [4.78, 5) is 25.6. The summed E-state index contributed by atoms with van der Waals surface area (Å²) in [5.41, 5.74) is 3.02. The summed E-state index contributed by atoms with van der Waals surface area (Å²) in [6, 6.07) is 11.4. The van der Waals surface area contributed by atoms with Crippen LogP contribution in [0.1, 0.15) is 27.0 Å². The summed E-state index contributed by atoms with van der Waals surface area (Å²) < 4.78 is 18.0. The second-order valence-corrected chi connectivity index (χ2v) is 5.77. The van der Waals surface area contributed by atoms with Gasteiger partial charge in [0, 0.05) is 13.6 Å². The molecule has 0 N–H and O–H groups in total. The van der Waals surface area contributed by atoms with Crippen LogP contribution in [-0.4, -0.2) is 30.4 Å². The highest BCUT2D eigenvalue weighted by Gasteiger charge is 2.15. The number of carbonyl (C=O) groups is 2. The number of aryl methyl sites for hydroxylation is 2. The first-order chi connectivity index (χ1) is 11.4. The van der Waals surface area contributed by atoms with Gasteiger partial charge in [0.15, 0.2) is 6.61 Å². The number of amides is 1. The molecule has 0 heterocycles. The van der Waals surface area contributed by atoms with Gasteiger partial charge in [0.2, 0.25) is 0 Å². The number of benzene rings is 2. The third-order valence-electron chi connectivity index (χ3n) is 3.70. The first-order valence-electron chi connectivity index (χ1n) is 7.59. The molecule has 126 valence electrons. The fraction of sp³-hybridized carbons (Fsp3) is 0.263. The molecule has 2 rings (SSSR count). The zero-order valence-electron chi connectivity index (χ0n) is 14.0. The molecule has 4 nitrogen and oxygen atoms in total. The molecule has 24 heavy (non-hydrogen) atoms. The number of carbonyl (C=O) groups excluding carboxylic acids is 2. The quantitative estimate of drug-likeness (QED) is 0.791. The van der Waals surface area contributed by atoms with Crippen molar-refractivity contribution >= 4 is 11.9 Å². The Morgan fingerprint density at radius 3 is 2.42 bits per heavy atom. The Hall–Kier alpha value is -2.69. The molecule has 0 radical (unpaired) electrons. The van der Waals surface area contributed by atoms with Crippen LogP contribution in [0.5, 0.6) is 0 Å². The minimum atomic E-state index is -0.514. The maximum Gasteiger partial charge on any atom is 0.338 e. The number of likely N-dealkylation sites (N-methyl/N-ethyl adjacent to an activating group) is 1. The molecule has 5 heteroatoms. The maximum absolute atomic E-state index is 12.9. The van der Waals surface area contributed by atoms with Crippen LogP contribution in [0.3, 0.4) is 0 Å². The summed E-state index contributed by atoms with van der Waals surface area (Å²) >= 11 is 0. The Morgan fingerprint density at radius 1 is 1.08 bits per heavy atom. The van der Waals surface area contributed by atoms with E-state index in [0.29, 0.717) is 12.1 Å². The van der Waals surface area contributed by atoms with Gasteiger partial charge in [-0.3, -0.25) is 4.79 Å². The van der Waals surface area contributed by atoms with E-state index < -0.39 is 5.97 Å². The molecule has 0 saturated carbocycles. The largest absolute Gasteiger partial charge is 0.452 e. The van der Waals surface area contributed by atoms with E-state index in [1.165, 1.54) is 17.0 Å². The number of rotatable bonds is 5. The number of nitrogens with zero attached hydrogens (tertiary/aromatic N) is 1. The number of esters is 1. The molecule has 0 atom stereocenters. The predicted octanol–water partition coefficient (Wildman–Crippen LogP) is 3.26. The highest BCUT2D eigenvalue weighted by atomic mass is 19.1. The van der Waals surface area contributed by atoms with Gasteiger partial charge in [0.1, 0.15) is 5.82 Å². The average Bonchev–Trinajstić information content (AvgIpc) is 2.56. The van der Waals surface area contributed by atoms with E-state index >= 15 is 0 Å². The molecule has 0 aliphatic heterocycles. The highest BCUT2D eigenvalue weighted by Crippen LogP contribution is 2.12. The summed E-state index contributed by atoms with van der Waals surface area (Å²) in [7, 11) is 1.61. The van der Waals surface area contributed by atoms with Crippen molar-refractivity contribution in [3.63, 3.8) is 0 Å². The number of halogens is 1. The van der Waals surface area contributed by atoms with E-state index in [0.717, 1.165) is 16.7 Å². The van der Waals surface area contributed by atoms with Gasteiger partial charge in [-0.25, -0.2) is 9.18 Å². The van der Waals surface area contributed by atoms with E-state index in [2.05, 4.69) is 0 Å². The van der Waals surface area contributed by atoms with E-state index in [1.807, 2.05) is 26.0 Å². The van der Waals surface area contributed by atoms with Gasteiger partial charge in [-0.1, -0.05) is 29.8 Å². The Labute approximate surface area is 140 Å².